The van der Waals surface area contributed by atoms with Gasteiger partial charge >= 0.3 is 35.6 Å². The van der Waals surface area contributed by atoms with E-state index in [9.17, 15) is 28.3 Å². The van der Waals surface area contributed by atoms with Gasteiger partial charge in [-0.25, -0.2) is 13.6 Å². The summed E-state index contributed by atoms with van der Waals surface area (Å²) in [5.74, 6) is -2.43. The van der Waals surface area contributed by atoms with E-state index in [1.54, 1.807) is 60.7 Å². The van der Waals surface area contributed by atoms with Crippen LogP contribution in [0.2, 0.25) is 0 Å². The van der Waals surface area contributed by atoms with Gasteiger partial charge in [0.2, 0.25) is 0 Å². The van der Waals surface area contributed by atoms with Gasteiger partial charge < -0.3 is 30.0 Å². The first-order chi connectivity index (χ1) is 19.8. The van der Waals surface area contributed by atoms with Crippen LogP contribution < -0.4 is 54.8 Å². The molecule has 8 nitrogen and oxygen atoms in total. The second-order valence-electron chi connectivity index (χ2n) is 8.85. The van der Waals surface area contributed by atoms with Gasteiger partial charge in [-0.1, -0.05) is 42.5 Å². The number of anilines is 1. The van der Waals surface area contributed by atoms with E-state index in [4.69, 9.17) is 9.47 Å². The van der Waals surface area contributed by atoms with Crippen molar-refractivity contribution in [1.29, 1.82) is 0 Å². The van der Waals surface area contributed by atoms with Gasteiger partial charge in [-0.2, -0.15) is 0 Å². The van der Waals surface area contributed by atoms with E-state index in [1.807, 2.05) is 6.07 Å². The molecule has 0 fully saturated rings. The van der Waals surface area contributed by atoms with Crippen LogP contribution in [0.15, 0.2) is 97.1 Å². The molecule has 0 spiro atoms. The van der Waals surface area contributed by atoms with Gasteiger partial charge in [0.1, 0.15) is 35.8 Å². The van der Waals surface area contributed by atoms with Gasteiger partial charge in [-0.05, 0) is 54.1 Å². The maximum atomic E-state index is 13.6. The van der Waals surface area contributed by atoms with Crippen LogP contribution >= 0.6 is 0 Å². The molecule has 0 aliphatic heterocycles. The molecule has 0 aromatic heterocycles. The number of urea groups is 1. The zero-order valence-electron chi connectivity index (χ0n) is 22.6. The molecule has 11 heteroatoms. The number of benzene rings is 4. The fraction of sp³-hybridized carbons (Fsp3) is 0.129. The summed E-state index contributed by atoms with van der Waals surface area (Å²) in [6.45, 7) is 0.207. The predicted octanol–water partition coefficient (Wildman–Crippen LogP) is 1.14. The van der Waals surface area contributed by atoms with Gasteiger partial charge in [-0.15, -0.1) is 0 Å². The SMILES string of the molecule is O=C(NCCOc1ccc(CC(Oc2ccc(C(=O)c3ccccc3)cc2)C(=O)[O-])cc1)Nc1ccc(F)cc1F.[Na+]. The van der Waals surface area contributed by atoms with E-state index in [-0.39, 0.29) is 66.3 Å². The minimum Gasteiger partial charge on any atom is -0.546 e. The molecule has 0 saturated carbocycles. The van der Waals surface area contributed by atoms with Crippen molar-refractivity contribution in [2.24, 2.45) is 0 Å². The van der Waals surface area contributed by atoms with Gasteiger partial charge in [0.15, 0.2) is 5.78 Å². The molecule has 0 radical (unpaired) electrons. The minimum atomic E-state index is -1.39. The molecule has 4 rings (SSSR count). The van der Waals surface area contributed by atoms with Gasteiger partial charge in [0.05, 0.1) is 18.2 Å². The normalized spacial score (nSPS) is 11.0. The molecule has 210 valence electrons. The molecule has 4 aromatic rings. The first-order valence-electron chi connectivity index (χ1n) is 12.6. The monoisotopic (exact) mass is 582 g/mol. The second-order valence-corrected chi connectivity index (χ2v) is 8.85. The summed E-state index contributed by atoms with van der Waals surface area (Å²) < 4.78 is 37.7. The Hall–Kier alpha value is -4.25. The predicted molar refractivity (Wildman–Crippen MR) is 145 cm³/mol. The van der Waals surface area contributed by atoms with Crippen molar-refractivity contribution in [3.05, 3.63) is 125 Å². The molecule has 0 aliphatic rings. The Labute approximate surface area is 263 Å². The Morgan fingerprint density at radius 2 is 1.45 bits per heavy atom. The molecule has 2 amide bonds. The van der Waals surface area contributed by atoms with Crippen molar-refractivity contribution in [2.75, 3.05) is 18.5 Å². The third kappa shape index (κ3) is 9.41. The quantitative estimate of drug-likeness (QED) is 0.147. The van der Waals surface area contributed by atoms with Crippen LogP contribution in [0.1, 0.15) is 21.5 Å². The van der Waals surface area contributed by atoms with Crippen LogP contribution in [0.4, 0.5) is 19.3 Å². The zero-order valence-corrected chi connectivity index (χ0v) is 24.6. The number of nitrogens with one attached hydrogen (secondary N) is 2. The molecule has 1 atom stereocenters. The van der Waals surface area contributed by atoms with Crippen LogP contribution in [0, 0.1) is 11.6 Å². The average Bonchev–Trinajstić information content (AvgIpc) is 2.97. The number of carboxylic acids is 1. The van der Waals surface area contributed by atoms with E-state index >= 15 is 0 Å². The summed E-state index contributed by atoms with van der Waals surface area (Å²) in [5.41, 5.74) is 1.49. The molecule has 1 unspecified atom stereocenters. The number of aliphatic carboxylic acids is 1. The molecule has 0 bridgehead atoms. The molecule has 42 heavy (non-hydrogen) atoms. The molecular formula is C31H25F2N2NaO6. The van der Waals surface area contributed by atoms with E-state index in [1.165, 1.54) is 12.1 Å². The van der Waals surface area contributed by atoms with E-state index in [2.05, 4.69) is 10.6 Å². The topological polar surface area (TPSA) is 117 Å². The number of rotatable bonds is 12. The number of amides is 2. The molecule has 4 aromatic carbocycles. The number of hydrogen-bond acceptors (Lipinski definition) is 6. The van der Waals surface area contributed by atoms with E-state index in [0.29, 0.717) is 28.5 Å². The van der Waals surface area contributed by atoms with Crippen molar-refractivity contribution in [1.82, 2.24) is 5.32 Å². The molecule has 0 saturated heterocycles. The first kappa shape index (κ1) is 32.3. The smallest absolute Gasteiger partial charge is 0.546 e. The Bertz CT molecular complexity index is 1500. The van der Waals surface area contributed by atoms with Crippen LogP contribution in [0.5, 0.6) is 11.5 Å². The molecular weight excluding hydrogens is 557 g/mol. The largest absolute Gasteiger partial charge is 1.00 e. The van der Waals surface area contributed by atoms with Crippen molar-refractivity contribution >= 4 is 23.5 Å². The second kappa shape index (κ2) is 15.7. The third-order valence-electron chi connectivity index (χ3n) is 5.87. The van der Waals surface area contributed by atoms with Gasteiger partial charge in [0, 0.05) is 23.6 Å². The Morgan fingerprint density at radius 1 is 0.810 bits per heavy atom. The van der Waals surface area contributed by atoms with Gasteiger partial charge in [0.25, 0.3) is 0 Å². The summed E-state index contributed by atoms with van der Waals surface area (Å²) in [5, 5.41) is 16.5. The Kier molecular flexibility index (Phi) is 12.0. The number of ketones is 1. The van der Waals surface area contributed by atoms with E-state index < -0.39 is 29.7 Å². The number of carbonyl (C=O) groups is 3. The summed E-state index contributed by atoms with van der Waals surface area (Å²) in [7, 11) is 0. The van der Waals surface area contributed by atoms with Crippen molar-refractivity contribution in [3.8, 4) is 11.5 Å². The number of halogens is 2. The summed E-state index contributed by atoms with van der Waals surface area (Å²) in [6, 6.07) is 23.8. The summed E-state index contributed by atoms with van der Waals surface area (Å²) in [4.78, 5) is 36.2. The summed E-state index contributed by atoms with van der Waals surface area (Å²) in [6.07, 6.45) is -1.25. The average molecular weight is 583 g/mol. The minimum absolute atomic E-state index is 0. The summed E-state index contributed by atoms with van der Waals surface area (Å²) >= 11 is 0. The molecule has 0 aliphatic carbocycles. The van der Waals surface area contributed by atoms with Crippen LogP contribution in [0.3, 0.4) is 0 Å². The van der Waals surface area contributed by atoms with Gasteiger partial charge in [-0.3, -0.25) is 4.79 Å². The maximum Gasteiger partial charge on any atom is 1.00 e. The first-order valence-corrected chi connectivity index (χ1v) is 12.6. The van der Waals surface area contributed by atoms with Crippen LogP contribution in [-0.4, -0.2) is 37.0 Å². The zero-order chi connectivity index (χ0) is 29.2. The maximum absolute atomic E-state index is 13.6. The van der Waals surface area contributed by atoms with Crippen molar-refractivity contribution in [2.45, 2.75) is 12.5 Å². The fourth-order valence-electron chi connectivity index (χ4n) is 3.81. The number of carboxylic acid groups (broad SMARTS) is 1. The fourth-order valence-corrected chi connectivity index (χ4v) is 3.81. The Balaban J connectivity index is 0.00000484. The van der Waals surface area contributed by atoms with Crippen LogP contribution in [-0.2, 0) is 11.2 Å². The van der Waals surface area contributed by atoms with E-state index in [0.717, 1.165) is 12.1 Å². The molecule has 0 heterocycles. The van der Waals surface area contributed by atoms with Crippen LogP contribution in [0.25, 0.3) is 0 Å². The standard InChI is InChI=1S/C31H26F2N2O6.Na/c32-23-10-15-27(26(33)19-23)35-31(39)34-16-17-40-24-11-6-20(7-12-24)18-28(30(37)38)41-25-13-8-22(9-14-25)29(36)21-4-2-1-3-5-21;/h1-15,19,28H,16-18H2,(H,37,38)(H2,34,35,39);/q;+1/p-1. The number of carbonyl (C=O) groups excluding carboxylic acids is 3. The number of ether oxygens (including phenoxy) is 2. The third-order valence-corrected chi connectivity index (χ3v) is 5.87. The van der Waals surface area contributed by atoms with Crippen molar-refractivity contribution in [3.63, 3.8) is 0 Å². The Morgan fingerprint density at radius 3 is 2.10 bits per heavy atom. The van der Waals surface area contributed by atoms with Crippen molar-refractivity contribution < 1.29 is 67.3 Å². The molecule has 2 N–H and O–H groups in total. The number of hydrogen-bond donors (Lipinski definition) is 2.